The second kappa shape index (κ2) is 5.09. The molecule has 0 radical (unpaired) electrons. The summed E-state index contributed by atoms with van der Waals surface area (Å²) in [5.74, 6) is -0.442. The highest BCUT2D eigenvalue weighted by molar-refractivity contribution is 5.87. The fourth-order valence-electron chi connectivity index (χ4n) is 2.00. The standard InChI is InChI=1S/C16H12N2O2/c1-20-16(19)15-9-7-12(10-17-15)14-8-6-11-4-2-3-5-13(11)18-14/h2-10H,1H3. The summed E-state index contributed by atoms with van der Waals surface area (Å²) in [7, 11) is 1.34. The van der Waals surface area contributed by atoms with E-state index in [-0.39, 0.29) is 5.69 Å². The average Bonchev–Trinajstić information content (AvgIpc) is 2.54. The van der Waals surface area contributed by atoms with Gasteiger partial charge < -0.3 is 4.74 Å². The summed E-state index contributed by atoms with van der Waals surface area (Å²) in [5.41, 5.74) is 2.91. The lowest BCUT2D eigenvalue weighted by Gasteiger charge is -2.04. The first-order valence-electron chi connectivity index (χ1n) is 6.18. The first-order chi connectivity index (χ1) is 9.78. The van der Waals surface area contributed by atoms with Gasteiger partial charge in [0.25, 0.3) is 0 Å². The van der Waals surface area contributed by atoms with Crippen LogP contribution in [0, 0.1) is 0 Å². The molecule has 0 saturated carbocycles. The van der Waals surface area contributed by atoms with Crippen molar-refractivity contribution in [2.24, 2.45) is 0 Å². The highest BCUT2D eigenvalue weighted by Gasteiger charge is 2.07. The number of ether oxygens (including phenoxy) is 1. The summed E-state index contributed by atoms with van der Waals surface area (Å²) < 4.78 is 4.62. The molecule has 1 aromatic carbocycles. The number of pyridine rings is 2. The van der Waals surface area contributed by atoms with E-state index in [0.717, 1.165) is 22.2 Å². The van der Waals surface area contributed by atoms with Crippen LogP contribution in [-0.4, -0.2) is 23.0 Å². The maximum atomic E-state index is 11.3. The number of carbonyl (C=O) groups excluding carboxylic acids is 1. The minimum atomic E-state index is -0.442. The van der Waals surface area contributed by atoms with Crippen LogP contribution < -0.4 is 0 Å². The van der Waals surface area contributed by atoms with Gasteiger partial charge in [0, 0.05) is 17.1 Å². The summed E-state index contributed by atoms with van der Waals surface area (Å²) in [6.07, 6.45) is 1.63. The largest absolute Gasteiger partial charge is 0.464 e. The monoisotopic (exact) mass is 264 g/mol. The number of carbonyl (C=O) groups is 1. The fraction of sp³-hybridized carbons (Fsp3) is 0.0625. The van der Waals surface area contributed by atoms with Crippen molar-refractivity contribution in [2.75, 3.05) is 7.11 Å². The van der Waals surface area contributed by atoms with Gasteiger partial charge in [-0.05, 0) is 24.3 Å². The highest BCUT2D eigenvalue weighted by Crippen LogP contribution is 2.20. The van der Waals surface area contributed by atoms with Crippen LogP contribution in [0.5, 0.6) is 0 Å². The van der Waals surface area contributed by atoms with Crippen molar-refractivity contribution in [3.05, 3.63) is 60.4 Å². The maximum Gasteiger partial charge on any atom is 0.356 e. The predicted molar refractivity (Wildman–Crippen MR) is 76.3 cm³/mol. The Morgan fingerprint density at radius 2 is 1.90 bits per heavy atom. The van der Waals surface area contributed by atoms with Gasteiger partial charge in [-0.3, -0.25) is 0 Å². The quantitative estimate of drug-likeness (QED) is 0.667. The Labute approximate surface area is 116 Å². The maximum absolute atomic E-state index is 11.3. The molecule has 2 aromatic heterocycles. The second-order valence-electron chi connectivity index (χ2n) is 4.31. The molecule has 0 saturated heterocycles. The third-order valence-electron chi connectivity index (χ3n) is 3.05. The zero-order chi connectivity index (χ0) is 13.9. The second-order valence-corrected chi connectivity index (χ2v) is 4.31. The van der Waals surface area contributed by atoms with Gasteiger partial charge in [-0.15, -0.1) is 0 Å². The summed E-state index contributed by atoms with van der Waals surface area (Å²) in [6, 6.07) is 15.3. The summed E-state index contributed by atoms with van der Waals surface area (Å²) in [4.78, 5) is 20.0. The number of nitrogens with zero attached hydrogens (tertiary/aromatic N) is 2. The zero-order valence-electron chi connectivity index (χ0n) is 10.9. The molecule has 0 aliphatic heterocycles. The van der Waals surface area contributed by atoms with Crippen molar-refractivity contribution < 1.29 is 9.53 Å². The molecule has 0 N–H and O–H groups in total. The molecule has 0 spiro atoms. The number of esters is 1. The minimum Gasteiger partial charge on any atom is -0.464 e. The Morgan fingerprint density at radius 3 is 2.65 bits per heavy atom. The molecular weight excluding hydrogens is 252 g/mol. The van der Waals surface area contributed by atoms with Crippen LogP contribution in [0.15, 0.2) is 54.7 Å². The van der Waals surface area contributed by atoms with Gasteiger partial charge in [0.15, 0.2) is 0 Å². The molecule has 0 unspecified atom stereocenters. The molecule has 98 valence electrons. The van der Waals surface area contributed by atoms with Crippen LogP contribution >= 0.6 is 0 Å². The first kappa shape index (κ1) is 12.3. The number of para-hydroxylation sites is 1. The van der Waals surface area contributed by atoms with E-state index < -0.39 is 5.97 Å². The topological polar surface area (TPSA) is 52.1 Å². The predicted octanol–water partition coefficient (Wildman–Crippen LogP) is 3.08. The van der Waals surface area contributed by atoms with E-state index in [1.807, 2.05) is 42.5 Å². The van der Waals surface area contributed by atoms with E-state index in [4.69, 9.17) is 0 Å². The SMILES string of the molecule is COC(=O)c1ccc(-c2ccc3ccccc3n2)cn1. The van der Waals surface area contributed by atoms with Crippen LogP contribution in [0.25, 0.3) is 22.2 Å². The number of aromatic nitrogens is 2. The Morgan fingerprint density at radius 1 is 1.05 bits per heavy atom. The molecule has 4 nitrogen and oxygen atoms in total. The van der Waals surface area contributed by atoms with E-state index >= 15 is 0 Å². The van der Waals surface area contributed by atoms with Crippen molar-refractivity contribution >= 4 is 16.9 Å². The molecular formula is C16H12N2O2. The Bertz CT molecular complexity index is 767. The van der Waals surface area contributed by atoms with Crippen molar-refractivity contribution in [3.8, 4) is 11.3 Å². The molecule has 20 heavy (non-hydrogen) atoms. The Kier molecular flexibility index (Phi) is 3.13. The number of fused-ring (bicyclic) bond motifs is 1. The zero-order valence-corrected chi connectivity index (χ0v) is 10.9. The van der Waals surface area contributed by atoms with E-state index in [1.54, 1.807) is 12.3 Å². The Balaban J connectivity index is 2.00. The van der Waals surface area contributed by atoms with Gasteiger partial charge in [-0.25, -0.2) is 14.8 Å². The minimum absolute atomic E-state index is 0.289. The number of methoxy groups -OCH3 is 1. The molecule has 0 atom stereocenters. The summed E-state index contributed by atoms with van der Waals surface area (Å²) >= 11 is 0. The van der Waals surface area contributed by atoms with Crippen molar-refractivity contribution in [2.45, 2.75) is 0 Å². The van der Waals surface area contributed by atoms with E-state index in [9.17, 15) is 4.79 Å². The van der Waals surface area contributed by atoms with Crippen molar-refractivity contribution in [3.63, 3.8) is 0 Å². The summed E-state index contributed by atoms with van der Waals surface area (Å²) in [5, 5.41) is 1.09. The third kappa shape index (κ3) is 2.23. The van der Waals surface area contributed by atoms with E-state index in [1.165, 1.54) is 7.11 Å². The fourth-order valence-corrected chi connectivity index (χ4v) is 2.00. The number of benzene rings is 1. The smallest absolute Gasteiger partial charge is 0.356 e. The number of rotatable bonds is 2. The van der Waals surface area contributed by atoms with Gasteiger partial charge in [0.2, 0.25) is 0 Å². The van der Waals surface area contributed by atoms with E-state index in [2.05, 4.69) is 14.7 Å². The molecule has 3 rings (SSSR count). The lowest BCUT2D eigenvalue weighted by Crippen LogP contribution is -2.03. The highest BCUT2D eigenvalue weighted by atomic mass is 16.5. The van der Waals surface area contributed by atoms with Gasteiger partial charge in [-0.2, -0.15) is 0 Å². The molecule has 0 aliphatic rings. The summed E-state index contributed by atoms with van der Waals surface area (Å²) in [6.45, 7) is 0. The van der Waals surface area contributed by atoms with Crippen LogP contribution in [0.1, 0.15) is 10.5 Å². The normalized spacial score (nSPS) is 10.4. The third-order valence-corrected chi connectivity index (χ3v) is 3.05. The molecule has 0 bridgehead atoms. The first-order valence-corrected chi connectivity index (χ1v) is 6.18. The van der Waals surface area contributed by atoms with Gasteiger partial charge in [0.1, 0.15) is 5.69 Å². The van der Waals surface area contributed by atoms with Crippen molar-refractivity contribution in [1.29, 1.82) is 0 Å². The van der Waals surface area contributed by atoms with Gasteiger partial charge >= 0.3 is 5.97 Å². The van der Waals surface area contributed by atoms with Crippen LogP contribution in [0.2, 0.25) is 0 Å². The Hall–Kier alpha value is -2.75. The molecule has 2 heterocycles. The van der Waals surface area contributed by atoms with Crippen LogP contribution in [0.4, 0.5) is 0 Å². The number of hydrogen-bond donors (Lipinski definition) is 0. The average molecular weight is 264 g/mol. The van der Waals surface area contributed by atoms with Crippen LogP contribution in [0.3, 0.4) is 0 Å². The molecule has 3 aromatic rings. The lowest BCUT2D eigenvalue weighted by atomic mass is 10.1. The van der Waals surface area contributed by atoms with Crippen molar-refractivity contribution in [1.82, 2.24) is 9.97 Å². The molecule has 0 aliphatic carbocycles. The molecule has 0 fully saturated rings. The van der Waals surface area contributed by atoms with Gasteiger partial charge in [-0.1, -0.05) is 24.3 Å². The molecule has 4 heteroatoms. The lowest BCUT2D eigenvalue weighted by molar-refractivity contribution is 0.0594. The van der Waals surface area contributed by atoms with Crippen LogP contribution in [-0.2, 0) is 4.74 Å². The van der Waals surface area contributed by atoms with E-state index in [0.29, 0.717) is 0 Å². The van der Waals surface area contributed by atoms with Gasteiger partial charge in [0.05, 0.1) is 18.3 Å². The number of hydrogen-bond acceptors (Lipinski definition) is 4. The molecule has 0 amide bonds.